The van der Waals surface area contributed by atoms with Crippen LogP contribution < -0.4 is 10.2 Å². The number of thiocarbonyl (C=S) groups is 1. The topological polar surface area (TPSA) is 52.6 Å². The molecule has 84 valence electrons. The predicted octanol–water partition coefficient (Wildman–Crippen LogP) is 0.657. The molecule has 4 nitrogen and oxygen atoms in total. The lowest BCUT2D eigenvalue weighted by molar-refractivity contribution is -0.120. The molecule has 2 atom stereocenters. The molecule has 0 radical (unpaired) electrons. The molecular weight excluding hydrogens is 224 g/mol. The Balaban J connectivity index is 2.30. The molecular formula is C11H12N2O2S. The molecule has 1 aliphatic heterocycles. The van der Waals surface area contributed by atoms with Gasteiger partial charge in [-0.25, -0.2) is 0 Å². The number of hydrogen-bond acceptors (Lipinski definition) is 3. The van der Waals surface area contributed by atoms with Gasteiger partial charge in [0.25, 0.3) is 5.91 Å². The highest BCUT2D eigenvalue weighted by molar-refractivity contribution is 7.80. The highest BCUT2D eigenvalue weighted by atomic mass is 32.1. The average Bonchev–Trinajstić information content (AvgIpc) is 2.56. The molecule has 2 N–H and O–H groups in total. The molecule has 1 amide bonds. The van der Waals surface area contributed by atoms with Crippen molar-refractivity contribution < 1.29 is 9.90 Å². The van der Waals surface area contributed by atoms with Gasteiger partial charge >= 0.3 is 0 Å². The van der Waals surface area contributed by atoms with Crippen molar-refractivity contribution in [2.45, 2.75) is 19.1 Å². The van der Waals surface area contributed by atoms with Crippen molar-refractivity contribution in [1.82, 2.24) is 5.32 Å². The van der Waals surface area contributed by atoms with Crippen LogP contribution in [0.25, 0.3) is 0 Å². The highest BCUT2D eigenvalue weighted by Crippen LogP contribution is 2.20. The van der Waals surface area contributed by atoms with E-state index in [4.69, 9.17) is 12.2 Å². The number of aliphatic hydroxyl groups is 1. The first-order valence-corrected chi connectivity index (χ1v) is 5.39. The fraction of sp³-hybridized carbons (Fsp3) is 0.273. The zero-order chi connectivity index (χ0) is 11.7. The van der Waals surface area contributed by atoms with E-state index in [1.54, 1.807) is 19.1 Å². The van der Waals surface area contributed by atoms with Crippen molar-refractivity contribution in [2.75, 3.05) is 4.90 Å². The van der Waals surface area contributed by atoms with Gasteiger partial charge in [0, 0.05) is 0 Å². The Kier molecular flexibility index (Phi) is 2.89. The maximum absolute atomic E-state index is 12.0. The van der Waals surface area contributed by atoms with Crippen LogP contribution >= 0.6 is 12.2 Å². The highest BCUT2D eigenvalue weighted by Gasteiger charge is 2.38. The van der Waals surface area contributed by atoms with E-state index in [1.165, 1.54) is 4.90 Å². The number of carbonyl (C=O) groups is 1. The average molecular weight is 236 g/mol. The summed E-state index contributed by atoms with van der Waals surface area (Å²) in [5, 5.41) is 12.6. The molecule has 16 heavy (non-hydrogen) atoms. The Hall–Kier alpha value is -1.46. The minimum atomic E-state index is -0.765. The third kappa shape index (κ3) is 1.79. The Morgan fingerprint density at radius 1 is 1.44 bits per heavy atom. The molecule has 0 aromatic heterocycles. The van der Waals surface area contributed by atoms with E-state index in [2.05, 4.69) is 5.32 Å². The summed E-state index contributed by atoms with van der Waals surface area (Å²) in [5.74, 6) is -0.216. The molecule has 1 heterocycles. The summed E-state index contributed by atoms with van der Waals surface area (Å²) < 4.78 is 0. The van der Waals surface area contributed by atoms with E-state index in [0.29, 0.717) is 10.8 Å². The zero-order valence-corrected chi connectivity index (χ0v) is 9.57. The van der Waals surface area contributed by atoms with Crippen LogP contribution in [0.1, 0.15) is 6.92 Å². The number of rotatable bonds is 2. The number of para-hydroxylation sites is 1. The second kappa shape index (κ2) is 4.19. The SMILES string of the molecule is C[C@@H](O)[C@@H]1NC(=S)N(c2ccccc2)C1=O. The molecule has 0 spiro atoms. The summed E-state index contributed by atoms with van der Waals surface area (Å²) in [6.07, 6.45) is -0.765. The lowest BCUT2D eigenvalue weighted by atomic mass is 10.2. The van der Waals surface area contributed by atoms with Crippen molar-refractivity contribution in [3.63, 3.8) is 0 Å². The maximum Gasteiger partial charge on any atom is 0.258 e. The molecule has 1 saturated heterocycles. The Bertz CT molecular complexity index is 419. The first-order chi connectivity index (χ1) is 7.61. The first-order valence-electron chi connectivity index (χ1n) is 4.99. The number of aliphatic hydroxyl groups excluding tert-OH is 1. The van der Waals surface area contributed by atoms with E-state index in [9.17, 15) is 9.90 Å². The van der Waals surface area contributed by atoms with E-state index in [-0.39, 0.29) is 5.91 Å². The quantitative estimate of drug-likeness (QED) is 0.741. The molecule has 0 bridgehead atoms. The number of anilines is 1. The molecule has 0 saturated carbocycles. The standard InChI is InChI=1S/C11H12N2O2S/c1-7(14)9-10(15)13(11(16)12-9)8-5-3-2-4-6-8/h2-7,9,14H,1H3,(H,12,16)/t7-,9+/m1/s1. The van der Waals surface area contributed by atoms with Gasteiger partial charge in [0.05, 0.1) is 11.8 Å². The van der Waals surface area contributed by atoms with E-state index >= 15 is 0 Å². The second-order valence-electron chi connectivity index (χ2n) is 3.68. The normalized spacial score (nSPS) is 22.1. The van der Waals surface area contributed by atoms with Crippen LogP contribution in [-0.2, 0) is 4.79 Å². The predicted molar refractivity (Wildman–Crippen MR) is 65.1 cm³/mol. The Morgan fingerprint density at radius 2 is 2.06 bits per heavy atom. The summed E-state index contributed by atoms with van der Waals surface area (Å²) >= 11 is 5.08. The van der Waals surface area contributed by atoms with Gasteiger partial charge in [0.2, 0.25) is 0 Å². The number of hydrogen-bond donors (Lipinski definition) is 2. The van der Waals surface area contributed by atoms with Crippen LogP contribution in [0.3, 0.4) is 0 Å². The summed E-state index contributed by atoms with van der Waals surface area (Å²) in [5.41, 5.74) is 0.716. The molecule has 1 aromatic carbocycles. The fourth-order valence-electron chi connectivity index (χ4n) is 1.65. The van der Waals surface area contributed by atoms with Gasteiger partial charge < -0.3 is 10.4 Å². The van der Waals surface area contributed by atoms with Gasteiger partial charge in [0.1, 0.15) is 6.04 Å². The van der Waals surface area contributed by atoms with Crippen LogP contribution in [0, 0.1) is 0 Å². The largest absolute Gasteiger partial charge is 0.391 e. The van der Waals surface area contributed by atoms with E-state index < -0.39 is 12.1 Å². The third-order valence-electron chi connectivity index (χ3n) is 2.47. The Labute approximate surface area is 98.9 Å². The van der Waals surface area contributed by atoms with Crippen molar-refractivity contribution >= 4 is 28.9 Å². The number of amides is 1. The molecule has 1 aliphatic rings. The third-order valence-corrected chi connectivity index (χ3v) is 2.77. The van der Waals surface area contributed by atoms with Gasteiger partial charge in [-0.3, -0.25) is 9.69 Å². The first kappa shape index (κ1) is 11.0. The van der Waals surface area contributed by atoms with Gasteiger partial charge in [-0.1, -0.05) is 18.2 Å². The fourth-order valence-corrected chi connectivity index (χ4v) is 1.97. The number of nitrogens with zero attached hydrogens (tertiary/aromatic N) is 1. The van der Waals surface area contributed by atoms with Crippen molar-refractivity contribution in [3.05, 3.63) is 30.3 Å². The van der Waals surface area contributed by atoms with Crippen LogP contribution in [0.15, 0.2) is 30.3 Å². The Morgan fingerprint density at radius 3 is 2.56 bits per heavy atom. The van der Waals surface area contributed by atoms with E-state index in [0.717, 1.165) is 0 Å². The summed E-state index contributed by atoms with van der Waals surface area (Å²) in [6, 6.07) is 8.49. The minimum absolute atomic E-state index is 0.216. The van der Waals surface area contributed by atoms with Crippen molar-refractivity contribution in [2.24, 2.45) is 0 Å². The molecule has 2 rings (SSSR count). The van der Waals surface area contributed by atoms with Crippen LogP contribution in [0.5, 0.6) is 0 Å². The molecule has 0 aliphatic carbocycles. The molecule has 5 heteroatoms. The van der Waals surface area contributed by atoms with E-state index in [1.807, 2.05) is 18.2 Å². The molecule has 1 fully saturated rings. The number of nitrogens with one attached hydrogen (secondary N) is 1. The van der Waals surface area contributed by atoms with Crippen LogP contribution in [0.2, 0.25) is 0 Å². The van der Waals surface area contributed by atoms with Gasteiger partial charge in [-0.2, -0.15) is 0 Å². The minimum Gasteiger partial charge on any atom is -0.391 e. The smallest absolute Gasteiger partial charge is 0.258 e. The lowest BCUT2D eigenvalue weighted by Gasteiger charge is -2.15. The monoisotopic (exact) mass is 236 g/mol. The number of benzene rings is 1. The summed E-state index contributed by atoms with van der Waals surface area (Å²) in [6.45, 7) is 1.56. The zero-order valence-electron chi connectivity index (χ0n) is 8.75. The van der Waals surface area contributed by atoms with Gasteiger partial charge in [0.15, 0.2) is 5.11 Å². The van der Waals surface area contributed by atoms with Crippen LogP contribution in [-0.4, -0.2) is 28.3 Å². The second-order valence-corrected chi connectivity index (χ2v) is 4.06. The summed E-state index contributed by atoms with van der Waals surface area (Å²) in [7, 11) is 0. The summed E-state index contributed by atoms with van der Waals surface area (Å²) in [4.78, 5) is 13.4. The van der Waals surface area contributed by atoms with Crippen molar-refractivity contribution in [3.8, 4) is 0 Å². The van der Waals surface area contributed by atoms with Crippen molar-refractivity contribution in [1.29, 1.82) is 0 Å². The van der Waals surface area contributed by atoms with Gasteiger partial charge in [-0.15, -0.1) is 0 Å². The van der Waals surface area contributed by atoms with Crippen LogP contribution in [0.4, 0.5) is 5.69 Å². The maximum atomic E-state index is 12.0. The molecule has 0 unspecified atom stereocenters. The van der Waals surface area contributed by atoms with Gasteiger partial charge in [-0.05, 0) is 31.3 Å². The number of carbonyl (C=O) groups excluding carboxylic acids is 1. The lowest BCUT2D eigenvalue weighted by Crippen LogP contribution is -2.39. The molecule has 1 aromatic rings.